The lowest BCUT2D eigenvalue weighted by atomic mass is 10.1. The third-order valence-electron chi connectivity index (χ3n) is 4.50. The van der Waals surface area contributed by atoms with Gasteiger partial charge in [-0.05, 0) is 41.4 Å². The van der Waals surface area contributed by atoms with Gasteiger partial charge in [-0.15, -0.1) is 10.1 Å². The van der Waals surface area contributed by atoms with Gasteiger partial charge >= 0.3 is 0 Å². The van der Waals surface area contributed by atoms with E-state index in [-0.39, 0.29) is 0 Å². The fourth-order valence-corrected chi connectivity index (χ4v) is 5.75. The van der Waals surface area contributed by atoms with E-state index in [0.717, 1.165) is 6.42 Å². The highest BCUT2D eigenvalue weighted by molar-refractivity contribution is 7.79. The molecule has 0 aliphatic rings. The van der Waals surface area contributed by atoms with Crippen molar-refractivity contribution in [3.05, 3.63) is 137 Å². The molecule has 5 heteroatoms. The predicted octanol–water partition coefficient (Wildman–Crippen LogP) is 4.69. The molecule has 0 amide bonds. The van der Waals surface area contributed by atoms with Gasteiger partial charge in [0, 0.05) is 0 Å². The second-order valence-corrected chi connectivity index (χ2v) is 8.72. The summed E-state index contributed by atoms with van der Waals surface area (Å²) in [6.07, 6.45) is 0.968. The molecule has 0 aliphatic heterocycles. The van der Waals surface area contributed by atoms with Gasteiger partial charge in [0.2, 0.25) is 0 Å². The molecule has 1 N–H and O–H groups in total. The first-order chi connectivity index (χ1) is 14.6. The minimum absolute atomic E-state index is 0.563. The molecule has 0 atom stereocenters. The summed E-state index contributed by atoms with van der Waals surface area (Å²) in [5.41, 5.74) is 2.77. The van der Waals surface area contributed by atoms with Crippen LogP contribution in [0.1, 0.15) is 11.1 Å². The lowest BCUT2D eigenvalue weighted by Crippen LogP contribution is -2.23. The summed E-state index contributed by atoms with van der Waals surface area (Å²) in [5, 5.41) is 17.9. The van der Waals surface area contributed by atoms with Gasteiger partial charge in [0.05, 0.1) is 0 Å². The summed E-state index contributed by atoms with van der Waals surface area (Å²) < 4.78 is 0. The molecular weight excluding hydrogens is 393 g/mol. The highest BCUT2D eigenvalue weighted by Crippen LogP contribution is 2.34. The van der Waals surface area contributed by atoms with Crippen LogP contribution < -0.4 is 15.9 Å². The van der Waals surface area contributed by atoms with Crippen molar-refractivity contribution >= 4 is 23.8 Å². The largest absolute Gasteiger partial charge is 0.328 e. The number of nitrogens with zero attached hydrogens (tertiary/aromatic N) is 1. The fourth-order valence-electron chi connectivity index (χ4n) is 3.28. The van der Waals surface area contributed by atoms with Crippen molar-refractivity contribution in [2.24, 2.45) is 0 Å². The number of hydrogen-bond donors (Lipinski definition) is 1. The van der Waals surface area contributed by atoms with Gasteiger partial charge in [0.25, 0.3) is 5.09 Å². The van der Waals surface area contributed by atoms with E-state index in [1.54, 1.807) is 0 Å². The molecule has 0 aromatic heterocycles. The normalized spacial score (nSPS) is 10.2. The molecule has 30 heavy (non-hydrogen) atoms. The van der Waals surface area contributed by atoms with Crippen molar-refractivity contribution in [2.75, 3.05) is 0 Å². The van der Waals surface area contributed by atoms with Crippen LogP contribution in [0.25, 0.3) is 0 Å². The van der Waals surface area contributed by atoms with Gasteiger partial charge in [0.15, 0.2) is 0 Å². The molecule has 0 unspecified atom stereocenters. The van der Waals surface area contributed by atoms with Crippen molar-refractivity contribution in [3.63, 3.8) is 0 Å². The van der Waals surface area contributed by atoms with Crippen LogP contribution in [0.4, 0.5) is 0 Å². The topological polar surface area (TPSA) is 63.4 Å². The maximum atomic E-state index is 8.36. The van der Waals surface area contributed by atoms with Crippen molar-refractivity contribution in [3.8, 4) is 0 Å². The monoisotopic (exact) mass is 415 g/mol. The minimum atomic E-state index is -1.50. The van der Waals surface area contributed by atoms with Gasteiger partial charge in [0.1, 0.15) is 0 Å². The lowest BCUT2D eigenvalue weighted by molar-refractivity contribution is -0.742. The van der Waals surface area contributed by atoms with E-state index in [0.29, 0.717) is 0 Å². The summed E-state index contributed by atoms with van der Waals surface area (Å²) in [6.45, 7) is 0. The van der Waals surface area contributed by atoms with Crippen LogP contribution in [0.15, 0.2) is 115 Å². The number of rotatable bonds is 5. The third kappa shape index (κ3) is 6.00. The molecular formula is C25H22NO3P. The van der Waals surface area contributed by atoms with Crippen LogP contribution >= 0.6 is 7.92 Å². The lowest BCUT2D eigenvalue weighted by Gasteiger charge is -2.22. The van der Waals surface area contributed by atoms with E-state index in [9.17, 15) is 0 Å². The zero-order chi connectivity index (χ0) is 21.2. The maximum Gasteiger partial charge on any atom is 0.291 e. The van der Waals surface area contributed by atoms with E-state index in [2.05, 4.69) is 115 Å². The van der Waals surface area contributed by atoms with E-state index in [1.807, 2.05) is 0 Å². The van der Waals surface area contributed by atoms with Crippen LogP contribution in [0.5, 0.6) is 0 Å². The van der Waals surface area contributed by atoms with Crippen molar-refractivity contribution < 1.29 is 10.3 Å². The first-order valence-electron chi connectivity index (χ1n) is 9.50. The number of benzene rings is 4. The van der Waals surface area contributed by atoms with Crippen LogP contribution in [0.3, 0.4) is 0 Å². The van der Waals surface area contributed by atoms with Gasteiger partial charge < -0.3 is 5.21 Å². The molecule has 150 valence electrons. The average Bonchev–Trinajstić information content (AvgIpc) is 2.77. The standard InChI is InChI=1S/C25H21P.HNO3/c1-4-12-21(13-5-1)20-22-14-10-11-19-25(22)26(23-15-6-2-7-16-23)24-17-8-3-9-18-24;2-1(3)4/h1-19H,20H2;(H,2,3,4). The third-order valence-corrected chi connectivity index (χ3v) is 7.05. The van der Waals surface area contributed by atoms with Gasteiger partial charge in [-0.3, -0.25) is 0 Å². The Morgan fingerprint density at radius 2 is 1.07 bits per heavy atom. The average molecular weight is 415 g/mol. The molecule has 0 bridgehead atoms. The maximum absolute atomic E-state index is 8.36. The van der Waals surface area contributed by atoms with E-state index < -0.39 is 13.0 Å². The van der Waals surface area contributed by atoms with E-state index in [1.165, 1.54) is 27.0 Å². The molecule has 4 aromatic carbocycles. The Kier molecular flexibility index (Phi) is 7.71. The van der Waals surface area contributed by atoms with Gasteiger partial charge in [-0.25, -0.2) is 0 Å². The first kappa shape index (κ1) is 21.2. The summed E-state index contributed by atoms with van der Waals surface area (Å²) in [4.78, 5) is 8.36. The van der Waals surface area contributed by atoms with Crippen LogP contribution in [-0.4, -0.2) is 10.3 Å². The second-order valence-electron chi connectivity index (χ2n) is 6.54. The van der Waals surface area contributed by atoms with Crippen molar-refractivity contribution in [2.45, 2.75) is 6.42 Å². The van der Waals surface area contributed by atoms with Crippen molar-refractivity contribution in [1.82, 2.24) is 0 Å². The predicted molar refractivity (Wildman–Crippen MR) is 123 cm³/mol. The summed E-state index contributed by atoms with van der Waals surface area (Å²) in [7, 11) is -0.563. The first-order valence-corrected chi connectivity index (χ1v) is 10.8. The highest BCUT2D eigenvalue weighted by atomic mass is 31.1. The molecule has 4 nitrogen and oxygen atoms in total. The Hall–Kier alpha value is -3.49. The molecule has 0 radical (unpaired) electrons. The Labute approximate surface area is 177 Å². The summed E-state index contributed by atoms with van der Waals surface area (Å²) in [6, 6.07) is 41.5. The molecule has 0 saturated heterocycles. The number of hydrogen-bond acceptors (Lipinski definition) is 2. The Bertz CT molecular complexity index is 1010. The van der Waals surface area contributed by atoms with Crippen LogP contribution in [-0.2, 0) is 6.42 Å². The molecule has 0 saturated carbocycles. The van der Waals surface area contributed by atoms with Gasteiger partial charge in [-0.2, -0.15) is 0 Å². The SMILES string of the molecule is O=[N+]([O-])O.c1ccc(Cc2ccccc2P(c2ccccc2)c2ccccc2)cc1. The zero-order valence-electron chi connectivity index (χ0n) is 16.3. The molecule has 4 rings (SSSR count). The smallest absolute Gasteiger partial charge is 0.291 e. The Balaban J connectivity index is 0.000000589. The fraction of sp³-hybridized carbons (Fsp3) is 0.0400. The molecule has 0 spiro atoms. The quantitative estimate of drug-likeness (QED) is 0.292. The van der Waals surface area contributed by atoms with E-state index in [4.69, 9.17) is 15.3 Å². The molecule has 4 aromatic rings. The van der Waals surface area contributed by atoms with E-state index >= 15 is 0 Å². The Morgan fingerprint density at radius 1 is 0.667 bits per heavy atom. The second kappa shape index (κ2) is 10.9. The van der Waals surface area contributed by atoms with Crippen LogP contribution in [0, 0.1) is 10.1 Å². The molecule has 0 heterocycles. The Morgan fingerprint density at radius 3 is 1.57 bits per heavy atom. The molecule has 0 aliphatic carbocycles. The van der Waals surface area contributed by atoms with Crippen molar-refractivity contribution in [1.29, 1.82) is 0 Å². The minimum Gasteiger partial charge on any atom is -0.328 e. The molecule has 0 fully saturated rings. The van der Waals surface area contributed by atoms with Crippen LogP contribution in [0.2, 0.25) is 0 Å². The summed E-state index contributed by atoms with van der Waals surface area (Å²) >= 11 is 0. The van der Waals surface area contributed by atoms with Gasteiger partial charge in [-0.1, -0.05) is 115 Å². The summed E-state index contributed by atoms with van der Waals surface area (Å²) in [5.74, 6) is 0. The zero-order valence-corrected chi connectivity index (χ0v) is 17.2. The highest BCUT2D eigenvalue weighted by Gasteiger charge is 2.19.